The Hall–Kier alpha value is -1.95. The molecule has 0 N–H and O–H groups in total. The van der Waals surface area contributed by atoms with Gasteiger partial charge in [0.25, 0.3) is 0 Å². The number of hydrogen-bond donors (Lipinski definition) is 0. The fourth-order valence-corrected chi connectivity index (χ4v) is 4.03. The summed E-state index contributed by atoms with van der Waals surface area (Å²) in [6.07, 6.45) is 5.67. The molecule has 0 aliphatic heterocycles. The van der Waals surface area contributed by atoms with Crippen LogP contribution in [0.1, 0.15) is 54.4 Å². The molecule has 0 bridgehead atoms. The van der Waals surface area contributed by atoms with Gasteiger partial charge in [-0.25, -0.2) is 4.79 Å². The Balaban J connectivity index is 2.27. The largest absolute Gasteiger partial charge is 0.443 e. The van der Waals surface area contributed by atoms with Crippen LogP contribution in [0.5, 0.6) is 0 Å². The van der Waals surface area contributed by atoms with Crippen molar-refractivity contribution >= 4 is 28.8 Å². The lowest BCUT2D eigenvalue weighted by molar-refractivity contribution is 0.0297. The first-order valence-electron chi connectivity index (χ1n) is 10.3. The van der Waals surface area contributed by atoms with E-state index in [-0.39, 0.29) is 12.0 Å². The van der Waals surface area contributed by atoms with E-state index in [4.69, 9.17) is 9.84 Å². The number of hydrogen-bond acceptors (Lipinski definition) is 4. The van der Waals surface area contributed by atoms with Crippen LogP contribution in [-0.4, -0.2) is 39.2 Å². The van der Waals surface area contributed by atoms with Gasteiger partial charge >= 0.3 is 6.09 Å². The van der Waals surface area contributed by atoms with Gasteiger partial charge in [-0.15, -0.1) is 11.8 Å². The van der Waals surface area contributed by atoms with E-state index in [1.54, 1.807) is 11.8 Å². The van der Waals surface area contributed by atoms with Gasteiger partial charge in [-0.3, -0.25) is 9.58 Å². The quantitative estimate of drug-likeness (QED) is 0.505. The second-order valence-electron chi connectivity index (χ2n) is 8.42. The third-order valence-corrected chi connectivity index (χ3v) is 5.83. The molecule has 1 unspecified atom stereocenters. The summed E-state index contributed by atoms with van der Waals surface area (Å²) in [5.74, 6) is 0.267. The number of fused-ring (bicyclic) bond motifs is 1. The molecule has 5 nitrogen and oxygen atoms in total. The van der Waals surface area contributed by atoms with Crippen molar-refractivity contribution in [3.63, 3.8) is 0 Å². The Morgan fingerprint density at radius 2 is 1.97 bits per heavy atom. The lowest BCUT2D eigenvalue weighted by atomic mass is 10.1. The van der Waals surface area contributed by atoms with Gasteiger partial charge in [-0.05, 0) is 64.3 Å². The number of carbonyl (C=O) groups excluding carboxylic acids is 1. The summed E-state index contributed by atoms with van der Waals surface area (Å²) < 4.78 is 7.74. The Morgan fingerprint density at radius 1 is 1.28 bits per heavy atom. The third-order valence-electron chi connectivity index (χ3n) is 4.87. The zero-order chi connectivity index (χ0) is 21.6. The SMILES string of the molecule is CCC(C)=C(SC)N(CC(CC)Cn1cc2ccccc2n1)C(=O)OC(C)(C)C. The summed E-state index contributed by atoms with van der Waals surface area (Å²) in [7, 11) is 0. The molecule has 1 aromatic heterocycles. The van der Waals surface area contributed by atoms with Crippen LogP contribution in [0.2, 0.25) is 0 Å². The van der Waals surface area contributed by atoms with Crippen LogP contribution in [0, 0.1) is 5.92 Å². The van der Waals surface area contributed by atoms with Gasteiger partial charge in [0, 0.05) is 24.7 Å². The molecule has 0 radical (unpaired) electrons. The number of nitrogens with zero attached hydrogens (tertiary/aromatic N) is 3. The van der Waals surface area contributed by atoms with Gasteiger partial charge in [0.2, 0.25) is 0 Å². The van der Waals surface area contributed by atoms with Crippen LogP contribution in [0.4, 0.5) is 4.79 Å². The number of carbonyl (C=O) groups is 1. The Morgan fingerprint density at radius 3 is 2.52 bits per heavy atom. The molecule has 0 spiro atoms. The standard InChI is InChI=1S/C23H35N3O2S/c1-8-17(3)21(29-7)26(22(27)28-23(4,5)6)15-18(9-2)14-25-16-19-12-10-11-13-20(19)24-25/h10-13,16,18H,8-9,14-15H2,1-7H3. The second-order valence-corrected chi connectivity index (χ2v) is 9.21. The van der Waals surface area contributed by atoms with Crippen LogP contribution in [0.15, 0.2) is 41.1 Å². The van der Waals surface area contributed by atoms with Crippen LogP contribution < -0.4 is 0 Å². The minimum Gasteiger partial charge on any atom is -0.443 e. The number of ether oxygens (including phenoxy) is 1. The first-order valence-corrected chi connectivity index (χ1v) is 11.6. The van der Waals surface area contributed by atoms with E-state index in [1.165, 1.54) is 5.57 Å². The molecule has 1 heterocycles. The number of amides is 1. The van der Waals surface area contributed by atoms with Crippen molar-refractivity contribution in [2.75, 3.05) is 12.8 Å². The average molecular weight is 418 g/mol. The number of benzene rings is 1. The Labute approximate surface area is 179 Å². The van der Waals surface area contributed by atoms with Gasteiger partial charge in [0.1, 0.15) is 5.60 Å². The maximum absolute atomic E-state index is 13.1. The zero-order valence-electron chi connectivity index (χ0n) is 18.9. The molecule has 2 aromatic rings. The Kier molecular flexibility index (Phi) is 8.20. The predicted molar refractivity (Wildman–Crippen MR) is 123 cm³/mol. The van der Waals surface area contributed by atoms with Gasteiger partial charge in [0.05, 0.1) is 10.5 Å². The fraction of sp³-hybridized carbons (Fsp3) is 0.565. The molecular formula is C23H35N3O2S. The van der Waals surface area contributed by atoms with Crippen molar-refractivity contribution in [2.45, 2.75) is 66.5 Å². The molecule has 2 rings (SSSR count). The number of aromatic nitrogens is 2. The highest BCUT2D eigenvalue weighted by Crippen LogP contribution is 2.28. The predicted octanol–water partition coefficient (Wildman–Crippen LogP) is 6.30. The number of thioether (sulfide) groups is 1. The molecule has 29 heavy (non-hydrogen) atoms. The molecule has 1 amide bonds. The molecule has 0 fully saturated rings. The van der Waals surface area contributed by atoms with Crippen LogP contribution in [0.3, 0.4) is 0 Å². The van der Waals surface area contributed by atoms with E-state index < -0.39 is 5.60 Å². The number of allylic oxidation sites excluding steroid dienone is 1. The summed E-state index contributed by atoms with van der Waals surface area (Å²) in [6.45, 7) is 13.5. The van der Waals surface area contributed by atoms with E-state index in [0.717, 1.165) is 35.3 Å². The van der Waals surface area contributed by atoms with Crippen molar-refractivity contribution in [1.29, 1.82) is 0 Å². The van der Waals surface area contributed by atoms with Crippen molar-refractivity contribution in [3.8, 4) is 0 Å². The molecule has 1 aromatic carbocycles. The normalized spacial score (nSPS) is 13.9. The van der Waals surface area contributed by atoms with Crippen molar-refractivity contribution < 1.29 is 9.53 Å². The minimum atomic E-state index is -0.527. The molecule has 160 valence electrons. The highest BCUT2D eigenvalue weighted by molar-refractivity contribution is 8.02. The van der Waals surface area contributed by atoms with Gasteiger partial charge in [-0.2, -0.15) is 5.10 Å². The summed E-state index contributed by atoms with van der Waals surface area (Å²) in [5.41, 5.74) is 1.67. The molecule has 0 saturated heterocycles. The van der Waals surface area contributed by atoms with Crippen molar-refractivity contribution in [2.24, 2.45) is 5.92 Å². The lowest BCUT2D eigenvalue weighted by Crippen LogP contribution is -2.39. The molecular weight excluding hydrogens is 382 g/mol. The highest BCUT2D eigenvalue weighted by atomic mass is 32.2. The van der Waals surface area contributed by atoms with E-state index in [0.29, 0.717) is 6.54 Å². The first-order chi connectivity index (χ1) is 13.7. The second kappa shape index (κ2) is 10.2. The summed E-state index contributed by atoms with van der Waals surface area (Å²) in [4.78, 5) is 14.9. The fourth-order valence-electron chi connectivity index (χ4n) is 3.17. The van der Waals surface area contributed by atoms with Crippen molar-refractivity contribution in [1.82, 2.24) is 14.7 Å². The van der Waals surface area contributed by atoms with Gasteiger partial charge in [0.15, 0.2) is 0 Å². The van der Waals surface area contributed by atoms with Gasteiger partial charge < -0.3 is 4.74 Å². The van der Waals surface area contributed by atoms with Crippen LogP contribution in [0.25, 0.3) is 10.9 Å². The first kappa shape index (κ1) is 23.3. The molecule has 0 saturated carbocycles. The monoisotopic (exact) mass is 417 g/mol. The molecule has 1 atom stereocenters. The molecule has 0 aliphatic rings. The average Bonchev–Trinajstić information content (AvgIpc) is 3.07. The van der Waals surface area contributed by atoms with Crippen LogP contribution >= 0.6 is 11.8 Å². The van der Waals surface area contributed by atoms with E-state index in [2.05, 4.69) is 33.0 Å². The highest BCUT2D eigenvalue weighted by Gasteiger charge is 2.28. The summed E-state index contributed by atoms with van der Waals surface area (Å²) in [5, 5.41) is 6.82. The van der Waals surface area contributed by atoms with Crippen LogP contribution in [-0.2, 0) is 11.3 Å². The Bertz CT molecular complexity index is 818. The number of rotatable bonds is 8. The molecule has 0 aliphatic carbocycles. The third kappa shape index (κ3) is 6.53. The topological polar surface area (TPSA) is 47.4 Å². The van der Waals surface area contributed by atoms with Crippen molar-refractivity contribution in [3.05, 3.63) is 41.1 Å². The van der Waals surface area contributed by atoms with E-state index >= 15 is 0 Å². The van der Waals surface area contributed by atoms with E-state index in [1.807, 2.05) is 54.8 Å². The maximum atomic E-state index is 13.1. The lowest BCUT2D eigenvalue weighted by Gasteiger charge is -2.32. The van der Waals surface area contributed by atoms with E-state index in [9.17, 15) is 4.79 Å². The smallest absolute Gasteiger partial charge is 0.415 e. The minimum absolute atomic E-state index is 0.267. The zero-order valence-corrected chi connectivity index (χ0v) is 19.7. The maximum Gasteiger partial charge on any atom is 0.415 e. The van der Waals surface area contributed by atoms with Gasteiger partial charge in [-0.1, -0.05) is 32.0 Å². The summed E-state index contributed by atoms with van der Waals surface area (Å²) >= 11 is 1.61. The molecule has 6 heteroatoms. The summed E-state index contributed by atoms with van der Waals surface area (Å²) in [6, 6.07) is 8.13.